The van der Waals surface area contributed by atoms with Crippen molar-refractivity contribution in [3.63, 3.8) is 0 Å². The average Bonchev–Trinajstić information content (AvgIpc) is 3.11. The lowest BCUT2D eigenvalue weighted by Gasteiger charge is -2.10. The second kappa shape index (κ2) is 11.4. The van der Waals surface area contributed by atoms with E-state index in [2.05, 4.69) is 41.1 Å². The number of nitrogens with one attached hydrogen (secondary N) is 1. The molecule has 1 N–H and O–H groups in total. The van der Waals surface area contributed by atoms with Gasteiger partial charge >= 0.3 is 0 Å². The molecule has 3 rings (SSSR count). The number of aryl methyl sites for hydroxylation is 2. The maximum Gasteiger partial charge on any atom is 0.220 e. The molecule has 0 saturated heterocycles. The normalized spacial score (nSPS) is 11.1. The lowest BCUT2D eigenvalue weighted by molar-refractivity contribution is -0.121. The Balaban J connectivity index is 1.55. The summed E-state index contributed by atoms with van der Waals surface area (Å²) in [5.41, 5.74) is 3.36. The first-order valence-corrected chi connectivity index (χ1v) is 11.0. The molecule has 0 aliphatic carbocycles. The van der Waals surface area contributed by atoms with Crippen molar-refractivity contribution < 1.29 is 4.79 Å². The Labute approximate surface area is 174 Å². The van der Waals surface area contributed by atoms with Gasteiger partial charge in [-0.25, -0.2) is 4.98 Å². The van der Waals surface area contributed by atoms with Crippen LogP contribution in [0.5, 0.6) is 0 Å². The number of nitrogens with zero attached hydrogens (tertiary/aromatic N) is 2. The van der Waals surface area contributed by atoms with Crippen molar-refractivity contribution in [2.24, 2.45) is 0 Å². The monoisotopic (exact) mass is 391 g/mol. The Bertz CT molecular complexity index is 885. The molecule has 0 atom stereocenters. The average molecular weight is 392 g/mol. The van der Waals surface area contributed by atoms with Crippen molar-refractivity contribution in [1.82, 2.24) is 14.9 Å². The van der Waals surface area contributed by atoms with Crippen molar-refractivity contribution in [2.45, 2.75) is 71.4 Å². The first kappa shape index (κ1) is 21.1. The third kappa shape index (κ3) is 6.45. The van der Waals surface area contributed by atoms with Crippen LogP contribution in [0.1, 0.15) is 63.3 Å². The summed E-state index contributed by atoms with van der Waals surface area (Å²) in [5.74, 6) is 1.03. The molecule has 1 heterocycles. The number of fused-ring (bicyclic) bond motifs is 1. The number of rotatable bonds is 12. The van der Waals surface area contributed by atoms with Gasteiger partial charge in [-0.05, 0) is 30.5 Å². The van der Waals surface area contributed by atoms with E-state index in [1.54, 1.807) is 0 Å². The van der Waals surface area contributed by atoms with Gasteiger partial charge in [0.2, 0.25) is 5.91 Å². The first-order valence-electron chi connectivity index (χ1n) is 11.0. The maximum atomic E-state index is 12.3. The Morgan fingerprint density at radius 2 is 1.66 bits per heavy atom. The predicted molar refractivity (Wildman–Crippen MR) is 120 cm³/mol. The Hall–Kier alpha value is -2.62. The fraction of sp³-hybridized carbons (Fsp3) is 0.440. The number of para-hydroxylation sites is 2. The number of unbranched alkanes of at least 4 members (excludes halogenated alkanes) is 5. The molecule has 154 valence electrons. The number of hydrogen-bond donors (Lipinski definition) is 1. The topological polar surface area (TPSA) is 46.9 Å². The SMILES string of the molecule is CCCCCCCCn1c(CNC(=O)CCc2ccccc2)nc2ccccc21. The van der Waals surface area contributed by atoms with Crippen LogP contribution >= 0.6 is 0 Å². The molecule has 0 bridgehead atoms. The molecule has 2 aromatic carbocycles. The van der Waals surface area contributed by atoms with Gasteiger partial charge in [0.15, 0.2) is 0 Å². The van der Waals surface area contributed by atoms with E-state index >= 15 is 0 Å². The highest BCUT2D eigenvalue weighted by molar-refractivity contribution is 5.77. The lowest BCUT2D eigenvalue weighted by atomic mass is 10.1. The highest BCUT2D eigenvalue weighted by Crippen LogP contribution is 2.18. The molecule has 3 aromatic rings. The van der Waals surface area contributed by atoms with Gasteiger partial charge in [0.25, 0.3) is 0 Å². The van der Waals surface area contributed by atoms with Gasteiger partial charge in [-0.2, -0.15) is 0 Å². The minimum Gasteiger partial charge on any atom is -0.349 e. The summed E-state index contributed by atoms with van der Waals surface area (Å²) < 4.78 is 2.28. The second-order valence-corrected chi connectivity index (χ2v) is 7.70. The van der Waals surface area contributed by atoms with E-state index in [-0.39, 0.29) is 5.91 Å². The Morgan fingerprint density at radius 3 is 2.48 bits per heavy atom. The van der Waals surface area contributed by atoms with Gasteiger partial charge in [-0.3, -0.25) is 4.79 Å². The molecular formula is C25H33N3O. The van der Waals surface area contributed by atoms with E-state index in [0.29, 0.717) is 13.0 Å². The van der Waals surface area contributed by atoms with Crippen LogP contribution in [0.25, 0.3) is 11.0 Å². The van der Waals surface area contributed by atoms with E-state index in [9.17, 15) is 4.79 Å². The van der Waals surface area contributed by atoms with Crippen molar-refractivity contribution in [2.75, 3.05) is 0 Å². The van der Waals surface area contributed by atoms with E-state index in [0.717, 1.165) is 36.2 Å². The van der Waals surface area contributed by atoms with Crippen LogP contribution < -0.4 is 5.32 Å². The van der Waals surface area contributed by atoms with Crippen LogP contribution in [0.15, 0.2) is 54.6 Å². The first-order chi connectivity index (χ1) is 14.3. The van der Waals surface area contributed by atoms with Gasteiger partial charge in [0, 0.05) is 13.0 Å². The molecule has 0 fully saturated rings. The molecule has 0 spiro atoms. The van der Waals surface area contributed by atoms with Crippen LogP contribution in [-0.2, 0) is 24.3 Å². The summed E-state index contributed by atoms with van der Waals surface area (Å²) in [5, 5.41) is 3.07. The van der Waals surface area contributed by atoms with Gasteiger partial charge in [0.1, 0.15) is 5.82 Å². The molecule has 0 aliphatic heterocycles. The number of carbonyl (C=O) groups is 1. The van der Waals surface area contributed by atoms with Crippen LogP contribution in [0, 0.1) is 0 Å². The van der Waals surface area contributed by atoms with Gasteiger partial charge in [0.05, 0.1) is 17.6 Å². The molecule has 4 nitrogen and oxygen atoms in total. The zero-order valence-corrected chi connectivity index (χ0v) is 17.6. The quantitative estimate of drug-likeness (QED) is 0.406. The molecule has 1 aromatic heterocycles. The number of aromatic nitrogens is 2. The van der Waals surface area contributed by atoms with E-state index in [1.807, 2.05) is 30.3 Å². The molecule has 0 unspecified atom stereocenters. The maximum absolute atomic E-state index is 12.3. The molecule has 0 radical (unpaired) electrons. The summed E-state index contributed by atoms with van der Waals surface area (Å²) in [6, 6.07) is 18.4. The lowest BCUT2D eigenvalue weighted by Crippen LogP contribution is -2.25. The fourth-order valence-electron chi connectivity index (χ4n) is 3.73. The van der Waals surface area contributed by atoms with Gasteiger partial charge in [-0.1, -0.05) is 81.5 Å². The molecule has 29 heavy (non-hydrogen) atoms. The van der Waals surface area contributed by atoms with Crippen LogP contribution in [-0.4, -0.2) is 15.5 Å². The number of imidazole rings is 1. The molecule has 0 aliphatic rings. The Kier molecular flexibility index (Phi) is 8.29. The smallest absolute Gasteiger partial charge is 0.220 e. The third-order valence-corrected chi connectivity index (χ3v) is 5.40. The second-order valence-electron chi connectivity index (χ2n) is 7.70. The third-order valence-electron chi connectivity index (χ3n) is 5.40. The summed E-state index contributed by atoms with van der Waals surface area (Å²) in [6.45, 7) is 3.69. The van der Waals surface area contributed by atoms with E-state index in [1.165, 1.54) is 37.7 Å². The number of hydrogen-bond acceptors (Lipinski definition) is 2. The number of carbonyl (C=O) groups excluding carboxylic acids is 1. The van der Waals surface area contributed by atoms with Crippen molar-refractivity contribution >= 4 is 16.9 Å². The van der Waals surface area contributed by atoms with Crippen LogP contribution in [0.4, 0.5) is 0 Å². The van der Waals surface area contributed by atoms with E-state index < -0.39 is 0 Å². The van der Waals surface area contributed by atoms with Crippen molar-refractivity contribution in [3.05, 3.63) is 66.0 Å². The van der Waals surface area contributed by atoms with Crippen LogP contribution in [0.2, 0.25) is 0 Å². The Morgan fingerprint density at radius 1 is 0.931 bits per heavy atom. The highest BCUT2D eigenvalue weighted by Gasteiger charge is 2.11. The molecule has 0 saturated carbocycles. The standard InChI is InChI=1S/C25H33N3O/c1-2-3-4-5-6-12-19-28-23-16-11-10-15-22(23)27-24(28)20-26-25(29)18-17-21-13-8-7-9-14-21/h7-11,13-16H,2-6,12,17-20H2,1H3,(H,26,29). The highest BCUT2D eigenvalue weighted by atomic mass is 16.1. The predicted octanol–water partition coefficient (Wildman–Crippen LogP) is 5.65. The molecule has 4 heteroatoms. The molecule has 1 amide bonds. The van der Waals surface area contributed by atoms with Gasteiger partial charge < -0.3 is 9.88 Å². The van der Waals surface area contributed by atoms with Crippen molar-refractivity contribution in [1.29, 1.82) is 0 Å². The summed E-state index contributed by atoms with van der Waals surface area (Å²) in [6.07, 6.45) is 8.89. The summed E-state index contributed by atoms with van der Waals surface area (Å²) >= 11 is 0. The number of benzene rings is 2. The van der Waals surface area contributed by atoms with E-state index in [4.69, 9.17) is 4.98 Å². The summed E-state index contributed by atoms with van der Waals surface area (Å²) in [4.78, 5) is 17.1. The van der Waals surface area contributed by atoms with Crippen LogP contribution in [0.3, 0.4) is 0 Å². The zero-order chi connectivity index (χ0) is 20.3. The van der Waals surface area contributed by atoms with Gasteiger partial charge in [-0.15, -0.1) is 0 Å². The zero-order valence-electron chi connectivity index (χ0n) is 17.6. The summed E-state index contributed by atoms with van der Waals surface area (Å²) in [7, 11) is 0. The molecular weight excluding hydrogens is 358 g/mol. The fourth-order valence-corrected chi connectivity index (χ4v) is 3.73. The minimum absolute atomic E-state index is 0.0759. The number of amides is 1. The largest absolute Gasteiger partial charge is 0.349 e. The minimum atomic E-state index is 0.0759. The van der Waals surface area contributed by atoms with Crippen molar-refractivity contribution in [3.8, 4) is 0 Å².